The van der Waals surface area contributed by atoms with Crippen molar-refractivity contribution in [2.45, 2.75) is 12.8 Å². The van der Waals surface area contributed by atoms with Gasteiger partial charge in [-0.25, -0.2) is 0 Å². The van der Waals surface area contributed by atoms with Crippen LogP contribution in [0.3, 0.4) is 0 Å². The number of anilines is 1. The van der Waals surface area contributed by atoms with E-state index in [1.54, 1.807) is 19.0 Å². The quantitative estimate of drug-likeness (QED) is 0.910. The van der Waals surface area contributed by atoms with E-state index in [0.29, 0.717) is 16.0 Å². The molecule has 1 aromatic rings. The highest BCUT2D eigenvalue weighted by molar-refractivity contribution is 6.34. The highest BCUT2D eigenvalue weighted by Gasteiger charge is 2.43. The van der Waals surface area contributed by atoms with E-state index < -0.39 is 0 Å². The largest absolute Gasteiger partial charge is 0.370 e. The Morgan fingerprint density at radius 1 is 1.29 bits per heavy atom. The third kappa shape index (κ3) is 2.74. The molecule has 1 N–H and O–H groups in total. The highest BCUT2D eigenvalue weighted by Crippen LogP contribution is 2.41. The number of nitrogens with zero attached hydrogens (tertiary/aromatic N) is 2. The summed E-state index contributed by atoms with van der Waals surface area (Å²) in [6, 6.07) is 5.77. The Morgan fingerprint density at radius 3 is 2.52 bits per heavy atom. The zero-order valence-corrected chi connectivity index (χ0v) is 13.4. The average Bonchev–Trinajstić information content (AvgIpc) is 2.44. The lowest BCUT2D eigenvalue weighted by Gasteiger charge is -2.53. The minimum Gasteiger partial charge on any atom is -0.370 e. The van der Waals surface area contributed by atoms with Crippen molar-refractivity contribution >= 4 is 23.2 Å². The van der Waals surface area contributed by atoms with Crippen molar-refractivity contribution < 1.29 is 4.79 Å². The first kappa shape index (κ1) is 14.7. The fraction of sp³-hybridized carbons (Fsp3) is 0.562. The summed E-state index contributed by atoms with van der Waals surface area (Å²) in [6.07, 6.45) is 2.52. The van der Waals surface area contributed by atoms with Crippen LogP contribution in [-0.2, 0) is 0 Å². The molecule has 2 heterocycles. The summed E-state index contributed by atoms with van der Waals surface area (Å²) in [7, 11) is 3.48. The highest BCUT2D eigenvalue weighted by atomic mass is 35.5. The molecule has 0 atom stereocenters. The molecule has 0 aromatic heterocycles. The number of rotatable bonds is 2. The van der Waals surface area contributed by atoms with Gasteiger partial charge in [-0.1, -0.05) is 11.6 Å². The minimum absolute atomic E-state index is 0.0509. The fourth-order valence-corrected chi connectivity index (χ4v) is 3.59. The van der Waals surface area contributed by atoms with E-state index in [1.165, 1.54) is 12.8 Å². The number of benzene rings is 1. The van der Waals surface area contributed by atoms with Gasteiger partial charge in [-0.05, 0) is 44.1 Å². The van der Waals surface area contributed by atoms with Gasteiger partial charge in [0.1, 0.15) is 0 Å². The number of piperidine rings is 1. The van der Waals surface area contributed by atoms with Crippen LogP contribution in [0.4, 0.5) is 5.69 Å². The Hall–Kier alpha value is -1.26. The molecule has 0 aliphatic carbocycles. The summed E-state index contributed by atoms with van der Waals surface area (Å²) >= 11 is 6.29. The van der Waals surface area contributed by atoms with Crippen LogP contribution in [0.2, 0.25) is 5.02 Å². The van der Waals surface area contributed by atoms with Crippen LogP contribution in [0.1, 0.15) is 23.2 Å². The molecule has 0 bridgehead atoms. The Labute approximate surface area is 131 Å². The zero-order chi connectivity index (χ0) is 15.0. The van der Waals surface area contributed by atoms with Crippen LogP contribution in [0.5, 0.6) is 0 Å². The number of hydrogen-bond acceptors (Lipinski definition) is 3. The van der Waals surface area contributed by atoms with Gasteiger partial charge in [0, 0.05) is 38.3 Å². The summed E-state index contributed by atoms with van der Waals surface area (Å²) < 4.78 is 0. The van der Waals surface area contributed by atoms with Gasteiger partial charge < -0.3 is 15.1 Å². The number of nitrogens with one attached hydrogen (secondary N) is 1. The summed E-state index contributed by atoms with van der Waals surface area (Å²) in [6.45, 7) is 4.47. The average molecular weight is 308 g/mol. The van der Waals surface area contributed by atoms with Gasteiger partial charge in [0.25, 0.3) is 5.91 Å². The fourth-order valence-electron chi connectivity index (χ4n) is 3.33. The molecular formula is C16H22ClN3O. The van der Waals surface area contributed by atoms with Crippen molar-refractivity contribution in [3.63, 3.8) is 0 Å². The first-order chi connectivity index (χ1) is 10.0. The second-order valence-corrected chi connectivity index (χ2v) is 6.88. The molecule has 0 unspecified atom stereocenters. The lowest BCUT2D eigenvalue weighted by molar-refractivity contribution is 0.0827. The van der Waals surface area contributed by atoms with Crippen LogP contribution in [0.15, 0.2) is 18.2 Å². The molecule has 2 aliphatic rings. The van der Waals surface area contributed by atoms with Gasteiger partial charge in [0.2, 0.25) is 0 Å². The van der Waals surface area contributed by atoms with E-state index in [2.05, 4.69) is 10.2 Å². The standard InChI is InChI=1S/C16H22ClN3O/c1-19(2)15(21)13-4-3-12(9-14(13)17)20-10-16(11-20)5-7-18-8-6-16/h3-4,9,18H,5-8,10-11H2,1-2H3. The van der Waals surface area contributed by atoms with Crippen molar-refractivity contribution in [1.82, 2.24) is 10.2 Å². The lowest BCUT2D eigenvalue weighted by Crippen LogP contribution is -2.60. The molecule has 2 aliphatic heterocycles. The maximum Gasteiger partial charge on any atom is 0.254 e. The van der Waals surface area contributed by atoms with Crippen LogP contribution in [0, 0.1) is 5.41 Å². The van der Waals surface area contributed by atoms with E-state index in [9.17, 15) is 4.79 Å². The Balaban J connectivity index is 1.71. The van der Waals surface area contributed by atoms with Gasteiger partial charge in [0.05, 0.1) is 10.6 Å². The smallest absolute Gasteiger partial charge is 0.254 e. The van der Waals surface area contributed by atoms with Crippen molar-refractivity contribution in [2.75, 3.05) is 45.2 Å². The Bertz CT molecular complexity index is 544. The molecule has 2 saturated heterocycles. The van der Waals surface area contributed by atoms with E-state index in [1.807, 2.05) is 18.2 Å². The molecular weight excluding hydrogens is 286 g/mol. The Morgan fingerprint density at radius 2 is 1.95 bits per heavy atom. The molecule has 0 radical (unpaired) electrons. The lowest BCUT2D eigenvalue weighted by atomic mass is 9.72. The monoisotopic (exact) mass is 307 g/mol. The summed E-state index contributed by atoms with van der Waals surface area (Å²) in [5.41, 5.74) is 2.19. The van der Waals surface area contributed by atoms with Crippen LogP contribution in [-0.4, -0.2) is 51.1 Å². The van der Waals surface area contributed by atoms with Gasteiger partial charge in [-0.2, -0.15) is 0 Å². The van der Waals surface area contributed by atoms with Gasteiger partial charge in [-0.15, -0.1) is 0 Å². The summed E-state index contributed by atoms with van der Waals surface area (Å²) in [5, 5.41) is 3.96. The topological polar surface area (TPSA) is 35.6 Å². The van der Waals surface area contributed by atoms with Crippen LogP contribution >= 0.6 is 11.6 Å². The normalized spacial score (nSPS) is 20.2. The third-order valence-corrected chi connectivity index (χ3v) is 4.98. The van der Waals surface area contributed by atoms with Crippen molar-refractivity contribution in [1.29, 1.82) is 0 Å². The molecule has 0 saturated carbocycles. The van der Waals surface area contributed by atoms with Crippen LogP contribution < -0.4 is 10.2 Å². The molecule has 5 heteroatoms. The van der Waals surface area contributed by atoms with Crippen molar-refractivity contribution in [2.24, 2.45) is 5.41 Å². The molecule has 2 fully saturated rings. The second kappa shape index (κ2) is 5.50. The molecule has 3 rings (SSSR count). The number of carbonyl (C=O) groups is 1. The maximum absolute atomic E-state index is 12.0. The predicted molar refractivity (Wildman–Crippen MR) is 86.2 cm³/mol. The number of hydrogen-bond donors (Lipinski definition) is 1. The van der Waals surface area contributed by atoms with Gasteiger partial charge in [-0.3, -0.25) is 4.79 Å². The number of amides is 1. The van der Waals surface area contributed by atoms with E-state index >= 15 is 0 Å². The van der Waals surface area contributed by atoms with Crippen molar-refractivity contribution in [3.8, 4) is 0 Å². The van der Waals surface area contributed by atoms with Gasteiger partial charge >= 0.3 is 0 Å². The number of halogens is 1. The zero-order valence-electron chi connectivity index (χ0n) is 12.7. The summed E-state index contributed by atoms with van der Waals surface area (Å²) in [4.78, 5) is 15.9. The van der Waals surface area contributed by atoms with E-state index in [-0.39, 0.29) is 5.91 Å². The SMILES string of the molecule is CN(C)C(=O)c1ccc(N2CC3(CCNCC3)C2)cc1Cl. The Kier molecular flexibility index (Phi) is 3.84. The van der Waals surface area contributed by atoms with Gasteiger partial charge in [0.15, 0.2) is 0 Å². The predicted octanol–water partition coefficient (Wildman–Crippen LogP) is 2.23. The molecule has 1 aromatic carbocycles. The van der Waals surface area contributed by atoms with E-state index in [0.717, 1.165) is 31.9 Å². The molecule has 4 nitrogen and oxygen atoms in total. The van der Waals surface area contributed by atoms with Crippen molar-refractivity contribution in [3.05, 3.63) is 28.8 Å². The van der Waals surface area contributed by atoms with Crippen LogP contribution in [0.25, 0.3) is 0 Å². The molecule has 21 heavy (non-hydrogen) atoms. The first-order valence-corrected chi connectivity index (χ1v) is 7.85. The molecule has 1 spiro atoms. The second-order valence-electron chi connectivity index (χ2n) is 6.47. The minimum atomic E-state index is -0.0509. The number of carbonyl (C=O) groups excluding carboxylic acids is 1. The molecule has 114 valence electrons. The maximum atomic E-state index is 12.0. The first-order valence-electron chi connectivity index (χ1n) is 7.48. The summed E-state index contributed by atoms with van der Waals surface area (Å²) in [5.74, 6) is -0.0509. The van der Waals surface area contributed by atoms with E-state index in [4.69, 9.17) is 11.6 Å². The molecule has 1 amide bonds. The third-order valence-electron chi connectivity index (χ3n) is 4.67.